The first-order chi connectivity index (χ1) is 7.29. The standard InChI is InChI=1S/C9H18N4OS/c10-12-9(15)11-4-8-5-13-3-1-2-7(13)6-14-8/h7-8H,1-6,10H2,(H2,11,12,15). The molecule has 0 amide bonds. The summed E-state index contributed by atoms with van der Waals surface area (Å²) >= 11 is 4.90. The second-order valence-corrected chi connectivity index (χ2v) is 4.51. The zero-order chi connectivity index (χ0) is 10.7. The molecule has 0 bridgehead atoms. The molecule has 0 saturated carbocycles. The van der Waals surface area contributed by atoms with Crippen molar-refractivity contribution in [3.8, 4) is 0 Å². The van der Waals surface area contributed by atoms with Gasteiger partial charge in [0.2, 0.25) is 0 Å². The van der Waals surface area contributed by atoms with Crippen LogP contribution in [-0.4, -0.2) is 48.4 Å². The molecule has 0 aromatic heterocycles. The first kappa shape index (κ1) is 11.1. The zero-order valence-electron chi connectivity index (χ0n) is 8.74. The summed E-state index contributed by atoms with van der Waals surface area (Å²) in [5.74, 6) is 5.17. The summed E-state index contributed by atoms with van der Waals surface area (Å²) in [6, 6.07) is 0.654. The molecule has 86 valence electrons. The summed E-state index contributed by atoms with van der Waals surface area (Å²) in [6.07, 6.45) is 2.81. The lowest BCUT2D eigenvalue weighted by Crippen LogP contribution is -2.51. The summed E-state index contributed by atoms with van der Waals surface area (Å²) in [6.45, 7) is 3.80. The lowest BCUT2D eigenvalue weighted by molar-refractivity contribution is -0.0452. The minimum Gasteiger partial charge on any atom is -0.373 e. The van der Waals surface area contributed by atoms with E-state index in [0.29, 0.717) is 11.2 Å². The molecule has 2 aliphatic heterocycles. The van der Waals surface area contributed by atoms with Crippen molar-refractivity contribution in [3.63, 3.8) is 0 Å². The van der Waals surface area contributed by atoms with Gasteiger partial charge in [0, 0.05) is 19.1 Å². The number of rotatable bonds is 2. The van der Waals surface area contributed by atoms with E-state index in [0.717, 1.165) is 19.7 Å². The quantitative estimate of drug-likeness (QED) is 0.327. The number of nitrogens with one attached hydrogen (secondary N) is 2. The molecular weight excluding hydrogens is 212 g/mol. The molecular formula is C9H18N4OS. The molecule has 6 heteroatoms. The van der Waals surface area contributed by atoms with Crippen molar-refractivity contribution in [2.24, 2.45) is 5.84 Å². The molecule has 5 nitrogen and oxygen atoms in total. The minimum absolute atomic E-state index is 0.227. The molecule has 2 saturated heterocycles. The van der Waals surface area contributed by atoms with Crippen LogP contribution in [0.3, 0.4) is 0 Å². The van der Waals surface area contributed by atoms with E-state index in [1.165, 1.54) is 19.4 Å². The van der Waals surface area contributed by atoms with E-state index in [1.54, 1.807) is 0 Å². The van der Waals surface area contributed by atoms with Gasteiger partial charge in [-0.3, -0.25) is 4.90 Å². The van der Waals surface area contributed by atoms with Gasteiger partial charge in [-0.05, 0) is 31.6 Å². The van der Waals surface area contributed by atoms with Gasteiger partial charge >= 0.3 is 0 Å². The summed E-state index contributed by atoms with van der Waals surface area (Å²) < 4.78 is 5.75. The second-order valence-electron chi connectivity index (χ2n) is 4.10. The highest BCUT2D eigenvalue weighted by atomic mass is 32.1. The van der Waals surface area contributed by atoms with E-state index in [1.807, 2.05) is 0 Å². The fourth-order valence-corrected chi connectivity index (χ4v) is 2.35. The monoisotopic (exact) mass is 230 g/mol. The Morgan fingerprint density at radius 2 is 2.47 bits per heavy atom. The van der Waals surface area contributed by atoms with Crippen LogP contribution in [0.25, 0.3) is 0 Å². The number of fused-ring (bicyclic) bond motifs is 1. The fraction of sp³-hybridized carbons (Fsp3) is 0.889. The van der Waals surface area contributed by atoms with Crippen molar-refractivity contribution < 1.29 is 4.74 Å². The molecule has 4 N–H and O–H groups in total. The van der Waals surface area contributed by atoms with Crippen molar-refractivity contribution in [2.75, 3.05) is 26.2 Å². The van der Waals surface area contributed by atoms with Crippen molar-refractivity contribution >= 4 is 17.3 Å². The number of hydrazine groups is 1. The van der Waals surface area contributed by atoms with Crippen LogP contribution in [0.15, 0.2) is 0 Å². The van der Waals surface area contributed by atoms with Crippen molar-refractivity contribution in [1.29, 1.82) is 0 Å². The molecule has 0 aliphatic carbocycles. The van der Waals surface area contributed by atoms with Gasteiger partial charge in [-0.25, -0.2) is 5.84 Å². The number of hydrogen-bond acceptors (Lipinski definition) is 4. The van der Waals surface area contributed by atoms with Gasteiger partial charge in [0.25, 0.3) is 0 Å². The van der Waals surface area contributed by atoms with Crippen LogP contribution < -0.4 is 16.6 Å². The SMILES string of the molecule is NNC(=S)NCC1CN2CCCC2CO1. The maximum atomic E-state index is 5.75. The smallest absolute Gasteiger partial charge is 0.180 e. The van der Waals surface area contributed by atoms with E-state index >= 15 is 0 Å². The average molecular weight is 230 g/mol. The number of ether oxygens (including phenoxy) is 1. The van der Waals surface area contributed by atoms with Crippen LogP contribution >= 0.6 is 12.2 Å². The van der Waals surface area contributed by atoms with Gasteiger partial charge in [0.15, 0.2) is 5.11 Å². The summed E-state index contributed by atoms with van der Waals surface area (Å²) in [5.41, 5.74) is 2.40. The Morgan fingerprint density at radius 1 is 1.60 bits per heavy atom. The summed E-state index contributed by atoms with van der Waals surface area (Å²) in [4.78, 5) is 2.51. The third-order valence-corrected chi connectivity index (χ3v) is 3.35. The number of hydrogen-bond donors (Lipinski definition) is 3. The average Bonchev–Trinajstić information content (AvgIpc) is 2.72. The largest absolute Gasteiger partial charge is 0.373 e. The third kappa shape index (κ3) is 2.78. The zero-order valence-corrected chi connectivity index (χ0v) is 9.55. The predicted molar refractivity (Wildman–Crippen MR) is 62.3 cm³/mol. The predicted octanol–water partition coefficient (Wildman–Crippen LogP) is -0.813. The first-order valence-corrected chi connectivity index (χ1v) is 5.80. The summed E-state index contributed by atoms with van der Waals surface area (Å²) in [5, 5.41) is 3.50. The van der Waals surface area contributed by atoms with Gasteiger partial charge in [-0.2, -0.15) is 0 Å². The molecule has 2 atom stereocenters. The summed E-state index contributed by atoms with van der Waals surface area (Å²) in [7, 11) is 0. The highest BCUT2D eigenvalue weighted by Crippen LogP contribution is 2.22. The third-order valence-electron chi connectivity index (χ3n) is 3.08. The van der Waals surface area contributed by atoms with Gasteiger partial charge in [-0.1, -0.05) is 0 Å². The lowest BCUT2D eigenvalue weighted by Gasteiger charge is -2.35. The Bertz CT molecular complexity index is 238. The molecule has 2 aliphatic rings. The highest BCUT2D eigenvalue weighted by molar-refractivity contribution is 7.80. The maximum Gasteiger partial charge on any atom is 0.180 e. The maximum absolute atomic E-state index is 5.75. The highest BCUT2D eigenvalue weighted by Gasteiger charge is 2.31. The molecule has 0 aromatic carbocycles. The van der Waals surface area contributed by atoms with Gasteiger partial charge < -0.3 is 15.5 Å². The molecule has 15 heavy (non-hydrogen) atoms. The number of nitrogens with zero attached hydrogens (tertiary/aromatic N) is 1. The first-order valence-electron chi connectivity index (χ1n) is 5.39. The van der Waals surface area contributed by atoms with Crippen molar-refractivity contribution in [1.82, 2.24) is 15.6 Å². The van der Waals surface area contributed by atoms with E-state index in [4.69, 9.17) is 22.8 Å². The van der Waals surface area contributed by atoms with Crippen LogP contribution in [0, 0.1) is 0 Å². The fourth-order valence-electron chi connectivity index (χ4n) is 2.27. The molecule has 2 heterocycles. The lowest BCUT2D eigenvalue weighted by atomic mass is 10.2. The van der Waals surface area contributed by atoms with E-state index in [2.05, 4.69) is 15.6 Å². The number of morpholine rings is 1. The number of nitrogens with two attached hydrogens (primary N) is 1. The van der Waals surface area contributed by atoms with Gasteiger partial charge in [0.05, 0.1) is 12.7 Å². The van der Waals surface area contributed by atoms with E-state index in [9.17, 15) is 0 Å². The molecule has 2 fully saturated rings. The molecule has 2 unspecified atom stereocenters. The molecule has 0 spiro atoms. The normalized spacial score (nSPS) is 31.0. The molecule has 0 radical (unpaired) electrons. The molecule has 2 rings (SSSR count). The Balaban J connectivity index is 1.73. The van der Waals surface area contributed by atoms with Gasteiger partial charge in [-0.15, -0.1) is 0 Å². The minimum atomic E-state index is 0.227. The number of thiocarbonyl (C=S) groups is 1. The van der Waals surface area contributed by atoms with Crippen molar-refractivity contribution in [3.05, 3.63) is 0 Å². The molecule has 0 aromatic rings. The Labute approximate surface area is 95.3 Å². The van der Waals surface area contributed by atoms with E-state index in [-0.39, 0.29) is 6.10 Å². The Hall–Kier alpha value is -0.430. The second kappa shape index (κ2) is 5.07. The Kier molecular flexibility index (Phi) is 3.74. The topological polar surface area (TPSA) is 62.5 Å². The van der Waals surface area contributed by atoms with Crippen LogP contribution in [0.1, 0.15) is 12.8 Å². The van der Waals surface area contributed by atoms with E-state index < -0.39 is 0 Å². The van der Waals surface area contributed by atoms with Gasteiger partial charge in [0.1, 0.15) is 0 Å². The van der Waals surface area contributed by atoms with Crippen LogP contribution in [0.4, 0.5) is 0 Å². The Morgan fingerprint density at radius 3 is 3.27 bits per heavy atom. The van der Waals surface area contributed by atoms with Crippen LogP contribution in [-0.2, 0) is 4.74 Å². The van der Waals surface area contributed by atoms with Crippen molar-refractivity contribution in [2.45, 2.75) is 25.0 Å². The van der Waals surface area contributed by atoms with Crippen LogP contribution in [0.2, 0.25) is 0 Å². The van der Waals surface area contributed by atoms with Crippen LogP contribution in [0.5, 0.6) is 0 Å².